The van der Waals surface area contributed by atoms with Crippen molar-refractivity contribution in [1.82, 2.24) is 9.80 Å². The Morgan fingerprint density at radius 3 is 2.11 bits per heavy atom. The Bertz CT molecular complexity index is 299. The van der Waals surface area contributed by atoms with Crippen LogP contribution in [-0.2, 0) is 4.79 Å². The van der Waals surface area contributed by atoms with Crippen LogP contribution in [0.15, 0.2) is 0 Å². The molecule has 0 aromatic rings. The van der Waals surface area contributed by atoms with E-state index in [0.29, 0.717) is 11.4 Å². The Hall–Kier alpha value is -0.920. The third-order valence-corrected chi connectivity index (χ3v) is 2.92. The zero-order valence-electron chi connectivity index (χ0n) is 9.94. The fourth-order valence-corrected chi connectivity index (χ4v) is 1.76. The number of halogens is 5. The van der Waals surface area contributed by atoms with E-state index in [1.54, 1.807) is 0 Å². The molecule has 8 heteroatoms. The van der Waals surface area contributed by atoms with Gasteiger partial charge < -0.3 is 9.80 Å². The molecule has 1 saturated heterocycles. The summed E-state index contributed by atoms with van der Waals surface area (Å²) in [7, 11) is 0.956. The number of hydrogen-bond donors (Lipinski definition) is 0. The largest absolute Gasteiger partial charge is 0.463 e. The first-order valence-corrected chi connectivity index (χ1v) is 5.58. The predicted molar refractivity (Wildman–Crippen MR) is 54.3 cm³/mol. The first-order chi connectivity index (χ1) is 8.16. The highest BCUT2D eigenvalue weighted by Gasteiger charge is 2.64. The Morgan fingerprint density at radius 2 is 1.67 bits per heavy atom. The molecule has 3 nitrogen and oxygen atoms in total. The Balaban J connectivity index is 2.50. The van der Waals surface area contributed by atoms with Crippen LogP contribution in [0, 0.1) is 0 Å². The van der Waals surface area contributed by atoms with E-state index in [9.17, 15) is 26.7 Å². The van der Waals surface area contributed by atoms with E-state index in [4.69, 9.17) is 0 Å². The Kier molecular flexibility index (Phi) is 4.52. The van der Waals surface area contributed by atoms with E-state index in [1.807, 2.05) is 4.90 Å². The Morgan fingerprint density at radius 1 is 1.17 bits per heavy atom. The van der Waals surface area contributed by atoms with Gasteiger partial charge in [0.05, 0.1) is 0 Å². The van der Waals surface area contributed by atoms with Crippen LogP contribution in [0.3, 0.4) is 0 Å². The molecule has 0 atom stereocenters. The van der Waals surface area contributed by atoms with Crippen molar-refractivity contribution in [2.75, 3.05) is 33.2 Å². The van der Waals surface area contributed by atoms with Gasteiger partial charge in [0.25, 0.3) is 0 Å². The van der Waals surface area contributed by atoms with Gasteiger partial charge in [0.2, 0.25) is 0 Å². The molecule has 0 spiro atoms. The van der Waals surface area contributed by atoms with Crippen molar-refractivity contribution in [3.05, 3.63) is 0 Å². The molecule has 1 rings (SSSR count). The minimum Gasteiger partial charge on any atom is -0.339 e. The topological polar surface area (TPSA) is 23.6 Å². The average molecular weight is 274 g/mol. The number of hydrogen-bond acceptors (Lipinski definition) is 2. The van der Waals surface area contributed by atoms with Gasteiger partial charge >= 0.3 is 18.0 Å². The zero-order chi connectivity index (χ0) is 14.0. The molecule has 0 aliphatic carbocycles. The van der Waals surface area contributed by atoms with Crippen molar-refractivity contribution < 1.29 is 26.7 Å². The van der Waals surface area contributed by atoms with Gasteiger partial charge in [-0.15, -0.1) is 0 Å². The first kappa shape index (κ1) is 15.1. The SMILES string of the molecule is CN(CCN1CCCC1)C(=O)C(F)(F)C(F)(F)F. The summed E-state index contributed by atoms with van der Waals surface area (Å²) >= 11 is 0. The number of rotatable bonds is 4. The van der Waals surface area contributed by atoms with Gasteiger partial charge in [-0.1, -0.05) is 0 Å². The van der Waals surface area contributed by atoms with E-state index in [0.717, 1.165) is 33.0 Å². The summed E-state index contributed by atoms with van der Waals surface area (Å²) in [5, 5.41) is 0. The van der Waals surface area contributed by atoms with Crippen LogP contribution in [0.25, 0.3) is 0 Å². The molecule has 0 unspecified atom stereocenters. The number of carbonyl (C=O) groups is 1. The van der Waals surface area contributed by atoms with Crippen LogP contribution < -0.4 is 0 Å². The van der Waals surface area contributed by atoms with Gasteiger partial charge in [-0.25, -0.2) is 0 Å². The van der Waals surface area contributed by atoms with E-state index in [-0.39, 0.29) is 6.54 Å². The van der Waals surface area contributed by atoms with Crippen molar-refractivity contribution in [3.8, 4) is 0 Å². The number of likely N-dealkylation sites (N-methyl/N-ethyl adjacent to an activating group) is 1. The Labute approximate surface area is 102 Å². The smallest absolute Gasteiger partial charge is 0.339 e. The average Bonchev–Trinajstić information content (AvgIpc) is 2.75. The maximum Gasteiger partial charge on any atom is 0.463 e. The predicted octanol–water partition coefficient (Wildman–Crippen LogP) is 1.74. The van der Waals surface area contributed by atoms with Gasteiger partial charge in [0, 0.05) is 20.1 Å². The summed E-state index contributed by atoms with van der Waals surface area (Å²) in [6, 6.07) is 0. The summed E-state index contributed by atoms with van der Waals surface area (Å²) < 4.78 is 61.4. The van der Waals surface area contributed by atoms with Crippen LogP contribution in [0.5, 0.6) is 0 Å². The lowest BCUT2D eigenvalue weighted by atomic mass is 10.3. The van der Waals surface area contributed by atoms with Crippen molar-refractivity contribution in [2.45, 2.75) is 24.9 Å². The molecule has 0 radical (unpaired) electrons. The molecule has 18 heavy (non-hydrogen) atoms. The molecule has 0 N–H and O–H groups in total. The molecule has 1 fully saturated rings. The summed E-state index contributed by atoms with van der Waals surface area (Å²) in [5.74, 6) is -7.51. The normalized spacial score (nSPS) is 18.1. The van der Waals surface area contributed by atoms with Gasteiger partial charge in [-0.2, -0.15) is 22.0 Å². The second-order valence-corrected chi connectivity index (χ2v) is 4.35. The molecule has 1 amide bonds. The monoisotopic (exact) mass is 274 g/mol. The maximum atomic E-state index is 12.7. The maximum absolute atomic E-state index is 12.7. The second-order valence-electron chi connectivity index (χ2n) is 4.35. The number of likely N-dealkylation sites (tertiary alicyclic amines) is 1. The molecule has 1 heterocycles. The van der Waals surface area contributed by atoms with Crippen LogP contribution in [0.1, 0.15) is 12.8 Å². The van der Waals surface area contributed by atoms with E-state index in [2.05, 4.69) is 0 Å². The fourth-order valence-electron chi connectivity index (χ4n) is 1.76. The highest BCUT2D eigenvalue weighted by molar-refractivity contribution is 5.84. The second kappa shape index (κ2) is 5.38. The highest BCUT2D eigenvalue weighted by Crippen LogP contribution is 2.36. The number of amides is 1. The highest BCUT2D eigenvalue weighted by atomic mass is 19.4. The van der Waals surface area contributed by atoms with Crippen molar-refractivity contribution >= 4 is 5.91 Å². The fraction of sp³-hybridized carbons (Fsp3) is 0.900. The van der Waals surface area contributed by atoms with Gasteiger partial charge in [0.1, 0.15) is 0 Å². The summed E-state index contributed by atoms with van der Waals surface area (Å²) in [4.78, 5) is 13.4. The summed E-state index contributed by atoms with van der Waals surface area (Å²) in [5.41, 5.74) is 0. The molecule has 0 saturated carbocycles. The van der Waals surface area contributed by atoms with Gasteiger partial charge in [-0.05, 0) is 25.9 Å². The molecule has 106 valence electrons. The molecule has 0 aromatic heterocycles. The zero-order valence-corrected chi connectivity index (χ0v) is 9.94. The van der Waals surface area contributed by atoms with Crippen LogP contribution >= 0.6 is 0 Å². The molecule has 1 aliphatic heterocycles. The van der Waals surface area contributed by atoms with E-state index in [1.165, 1.54) is 0 Å². The molecular formula is C10H15F5N2O. The summed E-state index contributed by atoms with van der Waals surface area (Å²) in [6.07, 6.45) is -3.88. The van der Waals surface area contributed by atoms with Crippen molar-refractivity contribution in [1.29, 1.82) is 0 Å². The molecule has 0 aromatic carbocycles. The molecular weight excluding hydrogens is 259 g/mol. The van der Waals surface area contributed by atoms with Crippen molar-refractivity contribution in [2.24, 2.45) is 0 Å². The number of nitrogens with zero attached hydrogens (tertiary/aromatic N) is 2. The lowest BCUT2D eigenvalue weighted by molar-refractivity contribution is -0.274. The minimum absolute atomic E-state index is 0.134. The number of alkyl halides is 5. The molecule has 0 bridgehead atoms. The van der Waals surface area contributed by atoms with E-state index < -0.39 is 18.0 Å². The first-order valence-electron chi connectivity index (χ1n) is 5.58. The third kappa shape index (κ3) is 3.30. The lowest BCUT2D eigenvalue weighted by Gasteiger charge is -2.26. The van der Waals surface area contributed by atoms with Crippen LogP contribution in [-0.4, -0.2) is 61.0 Å². The van der Waals surface area contributed by atoms with Crippen molar-refractivity contribution in [3.63, 3.8) is 0 Å². The quantitative estimate of drug-likeness (QED) is 0.729. The summed E-state index contributed by atoms with van der Waals surface area (Å²) in [6.45, 7) is 1.76. The minimum atomic E-state index is -5.84. The van der Waals surface area contributed by atoms with Gasteiger partial charge in [0.15, 0.2) is 0 Å². The van der Waals surface area contributed by atoms with Crippen LogP contribution in [0.4, 0.5) is 22.0 Å². The lowest BCUT2D eigenvalue weighted by Crippen LogP contribution is -2.52. The molecule has 1 aliphatic rings. The van der Waals surface area contributed by atoms with Crippen LogP contribution in [0.2, 0.25) is 0 Å². The number of carbonyl (C=O) groups excluding carboxylic acids is 1. The van der Waals surface area contributed by atoms with E-state index >= 15 is 0 Å². The standard InChI is InChI=1S/C10H15F5N2O/c1-16(6-7-17-4-2-3-5-17)8(18)9(11,12)10(13,14)15/h2-7H2,1H3. The van der Waals surface area contributed by atoms with Gasteiger partial charge in [-0.3, -0.25) is 4.79 Å². The third-order valence-electron chi connectivity index (χ3n) is 2.92.